The van der Waals surface area contributed by atoms with Gasteiger partial charge in [-0.25, -0.2) is 9.87 Å². The van der Waals surface area contributed by atoms with Gasteiger partial charge in [0.25, 0.3) is 0 Å². The van der Waals surface area contributed by atoms with Crippen LogP contribution < -0.4 is 10.2 Å². The minimum absolute atomic E-state index is 0.217. The van der Waals surface area contributed by atoms with Gasteiger partial charge in [-0.2, -0.15) is 0 Å². The Balaban J connectivity index is 1.31. The van der Waals surface area contributed by atoms with Gasteiger partial charge < -0.3 is 9.64 Å². The van der Waals surface area contributed by atoms with Crippen molar-refractivity contribution in [2.75, 3.05) is 32.5 Å². The van der Waals surface area contributed by atoms with E-state index in [0.717, 1.165) is 65.3 Å². The van der Waals surface area contributed by atoms with E-state index in [9.17, 15) is 14.4 Å². The van der Waals surface area contributed by atoms with Crippen LogP contribution in [0.1, 0.15) is 37.7 Å². The number of rotatable bonds is 11. The second-order valence-electron chi connectivity index (χ2n) is 9.54. The normalized spacial score (nSPS) is 15.6. The van der Waals surface area contributed by atoms with Crippen molar-refractivity contribution in [3.8, 4) is 5.75 Å². The van der Waals surface area contributed by atoms with Gasteiger partial charge in [0.2, 0.25) is 5.91 Å². The standard InChI is InChI=1S/C28H33ClFN3O3S/c1-36-21-7-10-26-24(18-21)23(25(29)19-31-26)4-2-11-28(27(34)32-35)12-15-33(16-13-28)14-3-17-37-22-8-5-20(30)6-9-22/h5-10,18-19,35H,2-4,11-17H2,1H3,(H,32,34). The van der Waals surface area contributed by atoms with Crippen LogP contribution in [0.4, 0.5) is 4.39 Å². The summed E-state index contributed by atoms with van der Waals surface area (Å²) in [4.78, 5) is 20.7. The molecule has 2 heterocycles. The monoisotopic (exact) mass is 545 g/mol. The van der Waals surface area contributed by atoms with Gasteiger partial charge in [-0.1, -0.05) is 11.6 Å². The van der Waals surface area contributed by atoms with Gasteiger partial charge in [0.15, 0.2) is 0 Å². The zero-order valence-electron chi connectivity index (χ0n) is 21.0. The molecule has 0 unspecified atom stereocenters. The van der Waals surface area contributed by atoms with Crippen LogP contribution in [-0.4, -0.2) is 53.5 Å². The number of ether oxygens (including phenoxy) is 1. The number of hydrogen-bond donors (Lipinski definition) is 2. The van der Waals surface area contributed by atoms with Crippen molar-refractivity contribution in [2.24, 2.45) is 5.41 Å². The fourth-order valence-electron chi connectivity index (χ4n) is 5.11. The van der Waals surface area contributed by atoms with E-state index in [1.807, 2.05) is 23.7 Å². The number of thioether (sulfide) groups is 1. The average Bonchev–Trinajstić information content (AvgIpc) is 2.93. The molecule has 1 amide bonds. The van der Waals surface area contributed by atoms with E-state index in [1.54, 1.807) is 37.2 Å². The van der Waals surface area contributed by atoms with Crippen molar-refractivity contribution in [3.63, 3.8) is 0 Å². The minimum atomic E-state index is -0.596. The van der Waals surface area contributed by atoms with Crippen LogP contribution in [0.15, 0.2) is 53.6 Å². The molecule has 1 aromatic heterocycles. The molecule has 4 rings (SSSR count). The van der Waals surface area contributed by atoms with Gasteiger partial charge >= 0.3 is 0 Å². The molecule has 1 aliphatic heterocycles. The summed E-state index contributed by atoms with van der Waals surface area (Å²) in [7, 11) is 1.63. The van der Waals surface area contributed by atoms with E-state index in [-0.39, 0.29) is 11.7 Å². The van der Waals surface area contributed by atoms with Gasteiger partial charge in [-0.3, -0.25) is 15.0 Å². The van der Waals surface area contributed by atoms with Crippen molar-refractivity contribution in [1.82, 2.24) is 15.4 Å². The zero-order chi connectivity index (χ0) is 26.3. The third kappa shape index (κ3) is 6.93. The third-order valence-corrected chi connectivity index (χ3v) is 8.74. The molecule has 0 radical (unpaired) electrons. The van der Waals surface area contributed by atoms with Gasteiger partial charge in [0, 0.05) is 16.5 Å². The van der Waals surface area contributed by atoms with Gasteiger partial charge in [0.1, 0.15) is 11.6 Å². The number of likely N-dealkylation sites (tertiary alicyclic amines) is 1. The van der Waals surface area contributed by atoms with E-state index >= 15 is 0 Å². The van der Waals surface area contributed by atoms with Crippen molar-refractivity contribution in [2.45, 2.75) is 43.4 Å². The Kier molecular flexibility index (Phi) is 9.65. The molecule has 1 fully saturated rings. The van der Waals surface area contributed by atoms with E-state index < -0.39 is 5.41 Å². The molecule has 0 aliphatic carbocycles. The number of methoxy groups -OCH3 is 1. The highest BCUT2D eigenvalue weighted by Crippen LogP contribution is 2.38. The summed E-state index contributed by atoms with van der Waals surface area (Å²) in [6, 6.07) is 12.3. The molecular weight excluding hydrogens is 513 g/mol. The molecule has 1 aliphatic rings. The van der Waals surface area contributed by atoms with Crippen molar-refractivity contribution in [3.05, 3.63) is 65.1 Å². The summed E-state index contributed by atoms with van der Waals surface area (Å²) >= 11 is 8.25. The number of carbonyl (C=O) groups excluding carboxylic acids is 1. The molecule has 1 saturated heterocycles. The smallest absolute Gasteiger partial charge is 0.249 e. The van der Waals surface area contributed by atoms with Crippen LogP contribution in [0.25, 0.3) is 10.9 Å². The second-order valence-corrected chi connectivity index (χ2v) is 11.1. The maximum Gasteiger partial charge on any atom is 0.249 e. The Morgan fingerprint density at radius 2 is 1.97 bits per heavy atom. The molecule has 0 atom stereocenters. The first-order chi connectivity index (χ1) is 17.9. The molecule has 0 saturated carbocycles. The molecule has 198 valence electrons. The lowest BCUT2D eigenvalue weighted by atomic mass is 9.73. The number of hydroxylamine groups is 1. The van der Waals surface area contributed by atoms with Crippen molar-refractivity contribution < 1.29 is 19.1 Å². The fourth-order valence-corrected chi connectivity index (χ4v) is 6.19. The van der Waals surface area contributed by atoms with Crippen LogP contribution in [0.5, 0.6) is 5.75 Å². The lowest BCUT2D eigenvalue weighted by Gasteiger charge is -2.40. The maximum atomic E-state index is 13.1. The predicted molar refractivity (Wildman–Crippen MR) is 146 cm³/mol. The summed E-state index contributed by atoms with van der Waals surface area (Å²) in [5.41, 5.74) is 3.19. The number of aryl methyl sites for hydroxylation is 1. The number of aromatic nitrogens is 1. The summed E-state index contributed by atoms with van der Waals surface area (Å²) < 4.78 is 18.4. The highest BCUT2D eigenvalue weighted by atomic mass is 35.5. The molecule has 0 spiro atoms. The number of piperidine rings is 1. The number of halogens is 2. The summed E-state index contributed by atoms with van der Waals surface area (Å²) in [5, 5.41) is 11.1. The number of nitrogens with one attached hydrogen (secondary N) is 1. The number of nitrogens with zero attached hydrogens (tertiary/aromatic N) is 2. The van der Waals surface area contributed by atoms with Crippen LogP contribution in [0.2, 0.25) is 5.02 Å². The Morgan fingerprint density at radius 1 is 1.22 bits per heavy atom. The van der Waals surface area contributed by atoms with Gasteiger partial charge in [-0.15, -0.1) is 11.8 Å². The van der Waals surface area contributed by atoms with Crippen LogP contribution in [-0.2, 0) is 11.2 Å². The number of hydrogen-bond acceptors (Lipinski definition) is 6. The number of fused-ring (bicyclic) bond motifs is 1. The first kappa shape index (κ1) is 27.6. The maximum absolute atomic E-state index is 13.1. The summed E-state index contributed by atoms with van der Waals surface area (Å²) in [5.74, 6) is 1.19. The molecule has 9 heteroatoms. The highest BCUT2D eigenvalue weighted by molar-refractivity contribution is 7.99. The van der Waals surface area contributed by atoms with Crippen molar-refractivity contribution >= 4 is 40.2 Å². The molecule has 2 N–H and O–H groups in total. The molecular formula is C28H33ClFN3O3S. The summed E-state index contributed by atoms with van der Waals surface area (Å²) in [6.45, 7) is 2.57. The number of pyridine rings is 1. The first-order valence-electron chi connectivity index (χ1n) is 12.6. The summed E-state index contributed by atoms with van der Waals surface area (Å²) in [6.07, 6.45) is 6.21. The Bertz CT molecular complexity index is 1200. The quantitative estimate of drug-likeness (QED) is 0.131. The molecule has 3 aromatic rings. The molecule has 37 heavy (non-hydrogen) atoms. The Hall–Kier alpha value is -2.39. The van der Waals surface area contributed by atoms with Crippen molar-refractivity contribution in [1.29, 1.82) is 0 Å². The van der Waals surface area contributed by atoms with E-state index in [4.69, 9.17) is 16.3 Å². The van der Waals surface area contributed by atoms with Crippen LogP contribution >= 0.6 is 23.4 Å². The molecule has 2 aromatic carbocycles. The largest absolute Gasteiger partial charge is 0.497 e. The highest BCUT2D eigenvalue weighted by Gasteiger charge is 2.40. The lowest BCUT2D eigenvalue weighted by molar-refractivity contribution is -0.143. The Labute approximate surface area is 226 Å². The van der Waals surface area contributed by atoms with Gasteiger partial charge in [-0.05, 0) is 112 Å². The minimum Gasteiger partial charge on any atom is -0.497 e. The Morgan fingerprint density at radius 3 is 2.68 bits per heavy atom. The second kappa shape index (κ2) is 12.9. The van der Waals surface area contributed by atoms with E-state index in [2.05, 4.69) is 9.88 Å². The number of benzene rings is 2. The lowest BCUT2D eigenvalue weighted by Crippen LogP contribution is -2.48. The zero-order valence-corrected chi connectivity index (χ0v) is 22.6. The average molecular weight is 546 g/mol. The van der Waals surface area contributed by atoms with Gasteiger partial charge in [0.05, 0.1) is 23.1 Å². The van der Waals surface area contributed by atoms with Crippen LogP contribution in [0, 0.1) is 11.2 Å². The van der Waals surface area contributed by atoms with E-state index in [0.29, 0.717) is 30.7 Å². The number of carbonyl (C=O) groups is 1. The first-order valence-corrected chi connectivity index (χ1v) is 14.0. The SMILES string of the molecule is COc1ccc2ncc(Cl)c(CCCC3(C(=O)NO)CCN(CCCSc4ccc(F)cc4)CC3)c2c1. The molecule has 6 nitrogen and oxygen atoms in total. The fraction of sp³-hybridized carbons (Fsp3) is 0.429. The van der Waals surface area contributed by atoms with E-state index in [1.165, 1.54) is 12.1 Å². The third-order valence-electron chi connectivity index (χ3n) is 7.31. The molecule has 0 bridgehead atoms. The van der Waals surface area contributed by atoms with Crippen LogP contribution in [0.3, 0.4) is 0 Å². The topological polar surface area (TPSA) is 74.7 Å². The predicted octanol–water partition coefficient (Wildman–Crippen LogP) is 6.13. The number of amides is 1.